The third-order valence-electron chi connectivity index (χ3n) is 4.63. The van der Waals surface area contributed by atoms with E-state index in [4.69, 9.17) is 4.74 Å². The van der Waals surface area contributed by atoms with Crippen molar-refractivity contribution in [1.82, 2.24) is 10.2 Å². The van der Waals surface area contributed by atoms with Gasteiger partial charge in [-0.1, -0.05) is 0 Å². The Labute approximate surface area is 126 Å². The van der Waals surface area contributed by atoms with Crippen LogP contribution < -0.4 is 5.32 Å². The predicted octanol–water partition coefficient (Wildman–Crippen LogP) is 2.83. The van der Waals surface area contributed by atoms with Crippen LogP contribution in [-0.2, 0) is 11.2 Å². The molecule has 4 heteroatoms. The highest BCUT2D eigenvalue weighted by Gasteiger charge is 2.24. The summed E-state index contributed by atoms with van der Waals surface area (Å²) in [5.41, 5.74) is 1.56. The number of nitrogens with zero attached hydrogens (tertiary/aromatic N) is 1. The Morgan fingerprint density at radius 1 is 1.40 bits per heavy atom. The second-order valence-electron chi connectivity index (χ2n) is 5.93. The van der Waals surface area contributed by atoms with E-state index in [0.717, 1.165) is 26.1 Å². The molecule has 1 aromatic heterocycles. The normalized spacial score (nSPS) is 24.8. The van der Waals surface area contributed by atoms with Crippen molar-refractivity contribution in [3.8, 4) is 0 Å². The quantitative estimate of drug-likeness (QED) is 0.845. The van der Waals surface area contributed by atoms with Crippen molar-refractivity contribution in [2.45, 2.75) is 44.8 Å². The Balaban J connectivity index is 1.38. The van der Waals surface area contributed by atoms with E-state index in [0.29, 0.717) is 12.1 Å². The Bertz CT molecular complexity index is 414. The van der Waals surface area contributed by atoms with Gasteiger partial charge in [0.05, 0.1) is 6.10 Å². The molecule has 1 N–H and O–H groups in total. The first kappa shape index (κ1) is 14.5. The number of hydrogen-bond donors (Lipinski definition) is 1. The van der Waals surface area contributed by atoms with Crippen LogP contribution in [0.5, 0.6) is 0 Å². The number of hydrogen-bond acceptors (Lipinski definition) is 4. The van der Waals surface area contributed by atoms with Crippen molar-refractivity contribution in [3.05, 3.63) is 21.9 Å². The Kier molecular flexibility index (Phi) is 5.10. The third kappa shape index (κ3) is 3.42. The van der Waals surface area contributed by atoms with Gasteiger partial charge in [0.15, 0.2) is 0 Å². The molecule has 0 spiro atoms. The average molecular weight is 294 g/mol. The Morgan fingerprint density at radius 3 is 3.10 bits per heavy atom. The van der Waals surface area contributed by atoms with Gasteiger partial charge in [0, 0.05) is 30.6 Å². The number of ether oxygens (including phenoxy) is 1. The molecule has 0 radical (unpaired) electrons. The van der Waals surface area contributed by atoms with Crippen LogP contribution in [0.4, 0.5) is 0 Å². The first-order valence-electron chi connectivity index (χ1n) is 7.97. The van der Waals surface area contributed by atoms with Crippen LogP contribution in [0.15, 0.2) is 11.4 Å². The minimum atomic E-state index is 0.499. The summed E-state index contributed by atoms with van der Waals surface area (Å²) in [6, 6.07) is 2.89. The Morgan fingerprint density at radius 2 is 2.25 bits per heavy atom. The molecule has 112 valence electrons. The Hall–Kier alpha value is -0.420. The molecule has 3 rings (SSSR count). The summed E-state index contributed by atoms with van der Waals surface area (Å²) in [5, 5.41) is 5.62. The second kappa shape index (κ2) is 7.03. The number of thiophene rings is 1. The smallest absolute Gasteiger partial charge is 0.0599 e. The van der Waals surface area contributed by atoms with Gasteiger partial charge in [-0.05, 0) is 62.7 Å². The zero-order valence-electron chi connectivity index (χ0n) is 12.4. The molecule has 0 saturated carbocycles. The summed E-state index contributed by atoms with van der Waals surface area (Å²) in [4.78, 5) is 4.21. The number of nitrogens with one attached hydrogen (secondary N) is 1. The highest BCUT2D eigenvalue weighted by Crippen LogP contribution is 2.32. The molecule has 0 aliphatic carbocycles. The van der Waals surface area contributed by atoms with Crippen LogP contribution in [0.1, 0.15) is 42.7 Å². The van der Waals surface area contributed by atoms with Gasteiger partial charge in [0.1, 0.15) is 0 Å². The fraction of sp³-hybridized carbons (Fsp3) is 0.750. The highest BCUT2D eigenvalue weighted by atomic mass is 32.1. The summed E-state index contributed by atoms with van der Waals surface area (Å²) in [6.07, 6.45) is 5.25. The average Bonchev–Trinajstić information content (AvgIpc) is 2.96. The minimum absolute atomic E-state index is 0.499. The first-order valence-corrected chi connectivity index (χ1v) is 8.85. The summed E-state index contributed by atoms with van der Waals surface area (Å²) in [6.45, 7) is 7.88. The molecule has 0 aromatic carbocycles. The molecule has 1 saturated heterocycles. The van der Waals surface area contributed by atoms with Crippen molar-refractivity contribution in [3.63, 3.8) is 0 Å². The maximum absolute atomic E-state index is 6.00. The van der Waals surface area contributed by atoms with Gasteiger partial charge in [-0.25, -0.2) is 0 Å². The highest BCUT2D eigenvalue weighted by molar-refractivity contribution is 7.10. The van der Waals surface area contributed by atoms with Gasteiger partial charge in [0.25, 0.3) is 0 Å². The fourth-order valence-electron chi connectivity index (χ4n) is 3.35. The molecule has 2 aliphatic rings. The third-order valence-corrected chi connectivity index (χ3v) is 5.63. The molecule has 0 bridgehead atoms. The van der Waals surface area contributed by atoms with Crippen LogP contribution in [0.2, 0.25) is 0 Å². The minimum Gasteiger partial charge on any atom is -0.378 e. The second-order valence-corrected chi connectivity index (χ2v) is 6.94. The van der Waals surface area contributed by atoms with E-state index in [1.54, 1.807) is 10.4 Å². The largest absolute Gasteiger partial charge is 0.378 e. The lowest BCUT2D eigenvalue weighted by Crippen LogP contribution is -2.35. The maximum Gasteiger partial charge on any atom is 0.0599 e. The van der Waals surface area contributed by atoms with Crippen molar-refractivity contribution >= 4 is 11.3 Å². The molecule has 3 heterocycles. The lowest BCUT2D eigenvalue weighted by Gasteiger charge is -2.33. The van der Waals surface area contributed by atoms with E-state index < -0.39 is 0 Å². The van der Waals surface area contributed by atoms with E-state index >= 15 is 0 Å². The van der Waals surface area contributed by atoms with E-state index in [2.05, 4.69) is 28.6 Å². The van der Waals surface area contributed by atoms with Crippen molar-refractivity contribution < 1.29 is 4.74 Å². The van der Waals surface area contributed by atoms with Crippen molar-refractivity contribution in [2.24, 2.45) is 0 Å². The molecule has 3 nitrogen and oxygen atoms in total. The van der Waals surface area contributed by atoms with Gasteiger partial charge >= 0.3 is 0 Å². The standard InChI is InChI=1S/C16H26N2OS/c1-13-15-6-12-20-16(15)5-10-18(13)9-2-11-19-14-3-7-17-8-4-14/h6,12-14,17H,2-5,7-11H2,1H3. The van der Waals surface area contributed by atoms with Gasteiger partial charge in [0.2, 0.25) is 0 Å². The van der Waals surface area contributed by atoms with Crippen LogP contribution in [0.25, 0.3) is 0 Å². The molecule has 1 unspecified atom stereocenters. The fourth-order valence-corrected chi connectivity index (χ4v) is 4.31. The van der Waals surface area contributed by atoms with E-state index in [-0.39, 0.29) is 0 Å². The number of rotatable bonds is 5. The molecular weight excluding hydrogens is 268 g/mol. The van der Waals surface area contributed by atoms with Crippen LogP contribution in [0, 0.1) is 0 Å². The van der Waals surface area contributed by atoms with Gasteiger partial charge in [-0.2, -0.15) is 0 Å². The molecule has 20 heavy (non-hydrogen) atoms. The maximum atomic E-state index is 6.00. The summed E-state index contributed by atoms with van der Waals surface area (Å²) in [5.74, 6) is 0. The predicted molar refractivity (Wildman–Crippen MR) is 84.5 cm³/mol. The lowest BCUT2D eigenvalue weighted by molar-refractivity contribution is 0.0258. The van der Waals surface area contributed by atoms with Gasteiger partial charge in [-0.15, -0.1) is 11.3 Å². The monoisotopic (exact) mass is 294 g/mol. The lowest BCUT2D eigenvalue weighted by atomic mass is 10.0. The number of fused-ring (bicyclic) bond motifs is 1. The summed E-state index contributed by atoms with van der Waals surface area (Å²) >= 11 is 1.92. The number of piperidine rings is 1. The van der Waals surface area contributed by atoms with E-state index in [9.17, 15) is 0 Å². The van der Waals surface area contributed by atoms with Gasteiger partial charge in [-0.3, -0.25) is 4.90 Å². The van der Waals surface area contributed by atoms with E-state index in [1.807, 2.05) is 11.3 Å². The van der Waals surface area contributed by atoms with Crippen molar-refractivity contribution in [1.29, 1.82) is 0 Å². The summed E-state index contributed by atoms with van der Waals surface area (Å²) in [7, 11) is 0. The molecule has 1 fully saturated rings. The topological polar surface area (TPSA) is 24.5 Å². The molecule has 0 amide bonds. The zero-order valence-corrected chi connectivity index (χ0v) is 13.3. The SMILES string of the molecule is CC1c2ccsc2CCN1CCCOC1CCNCC1. The molecular formula is C16H26N2OS. The summed E-state index contributed by atoms with van der Waals surface area (Å²) < 4.78 is 6.00. The first-order chi connectivity index (χ1) is 9.84. The zero-order chi connectivity index (χ0) is 13.8. The molecule has 2 aliphatic heterocycles. The van der Waals surface area contributed by atoms with E-state index in [1.165, 1.54) is 32.4 Å². The van der Waals surface area contributed by atoms with Crippen LogP contribution in [-0.4, -0.2) is 43.8 Å². The van der Waals surface area contributed by atoms with Crippen LogP contribution >= 0.6 is 11.3 Å². The van der Waals surface area contributed by atoms with Crippen molar-refractivity contribution in [2.75, 3.05) is 32.8 Å². The molecule has 1 atom stereocenters. The van der Waals surface area contributed by atoms with Crippen LogP contribution in [0.3, 0.4) is 0 Å². The van der Waals surface area contributed by atoms with Gasteiger partial charge < -0.3 is 10.1 Å². The molecule has 1 aromatic rings.